The third-order valence-corrected chi connectivity index (χ3v) is 5.48. The van der Waals surface area contributed by atoms with Crippen molar-refractivity contribution >= 4 is 21.5 Å². The first-order valence-corrected chi connectivity index (χ1v) is 10.6. The lowest BCUT2D eigenvalue weighted by Gasteiger charge is -2.22. The second-order valence-corrected chi connectivity index (χ2v) is 7.96. The Hall–Kier alpha value is -3.63. The zero-order chi connectivity index (χ0) is 21.0. The van der Waals surface area contributed by atoms with Crippen molar-refractivity contribution in [3.05, 3.63) is 114 Å². The van der Waals surface area contributed by atoms with Crippen LogP contribution in [0.2, 0.25) is 0 Å². The van der Waals surface area contributed by atoms with Crippen molar-refractivity contribution in [2.45, 2.75) is 26.6 Å². The van der Waals surface area contributed by atoms with Gasteiger partial charge in [0.25, 0.3) is 0 Å². The predicted octanol–water partition coefficient (Wildman–Crippen LogP) is 5.69. The monoisotopic (exact) mass is 404 g/mol. The van der Waals surface area contributed by atoms with Crippen LogP contribution in [0.1, 0.15) is 22.8 Å². The van der Waals surface area contributed by atoms with Gasteiger partial charge in [-0.15, -0.1) is 0 Å². The molecule has 0 aliphatic heterocycles. The van der Waals surface area contributed by atoms with Crippen molar-refractivity contribution in [3.8, 4) is 0 Å². The second-order valence-electron chi connectivity index (χ2n) is 7.96. The van der Waals surface area contributed by atoms with Gasteiger partial charge in [-0.2, -0.15) is 0 Å². The highest BCUT2D eigenvalue weighted by molar-refractivity contribution is 5.82. The Bertz CT molecular complexity index is 1260. The van der Waals surface area contributed by atoms with Crippen LogP contribution < -0.4 is 0 Å². The van der Waals surface area contributed by atoms with Gasteiger partial charge in [0.1, 0.15) is 0 Å². The van der Waals surface area contributed by atoms with Crippen LogP contribution in [0, 0.1) is 6.92 Å². The van der Waals surface area contributed by atoms with E-state index < -0.39 is 0 Å². The molecule has 5 rings (SSSR count). The van der Waals surface area contributed by atoms with E-state index in [9.17, 15) is 0 Å². The van der Waals surface area contributed by atoms with E-state index in [1.807, 2.05) is 37.5 Å². The number of fused-ring (bicyclic) bond motifs is 2. The summed E-state index contributed by atoms with van der Waals surface area (Å²) >= 11 is 0. The summed E-state index contributed by atoms with van der Waals surface area (Å²) in [5.74, 6) is 0. The van der Waals surface area contributed by atoms with Gasteiger partial charge >= 0.3 is 0 Å². The van der Waals surface area contributed by atoms with Crippen molar-refractivity contribution in [2.24, 2.45) is 0 Å². The van der Waals surface area contributed by atoms with Gasteiger partial charge in [-0.3, -0.25) is 19.9 Å². The quantitative estimate of drug-likeness (QED) is 0.365. The summed E-state index contributed by atoms with van der Waals surface area (Å²) in [7, 11) is 0. The Balaban J connectivity index is 1.44. The fourth-order valence-electron chi connectivity index (χ4n) is 3.97. The topological polar surface area (TPSA) is 41.9 Å². The standard InChI is InChI=1S/C27H24N4/c1-20-7-6-12-25(30-20)17-31(18-26-13-21-8-2-4-10-23(21)15-28-26)19-27-14-22-9-3-5-11-24(22)16-29-27/h2-16H,17-19H2,1H3. The van der Waals surface area contributed by atoms with Crippen molar-refractivity contribution in [1.82, 2.24) is 19.9 Å². The number of rotatable bonds is 6. The lowest BCUT2D eigenvalue weighted by Crippen LogP contribution is -2.24. The van der Waals surface area contributed by atoms with Crippen LogP contribution in [-0.4, -0.2) is 19.9 Å². The molecule has 0 aliphatic carbocycles. The molecule has 4 heteroatoms. The van der Waals surface area contributed by atoms with Crippen LogP contribution >= 0.6 is 0 Å². The molecule has 0 radical (unpaired) electrons. The van der Waals surface area contributed by atoms with Crippen LogP contribution in [0.3, 0.4) is 0 Å². The number of aromatic nitrogens is 3. The minimum Gasteiger partial charge on any atom is -0.286 e. The number of pyridine rings is 3. The smallest absolute Gasteiger partial charge is 0.0550 e. The van der Waals surface area contributed by atoms with Crippen molar-refractivity contribution in [3.63, 3.8) is 0 Å². The van der Waals surface area contributed by atoms with Crippen molar-refractivity contribution in [2.75, 3.05) is 0 Å². The Morgan fingerprint density at radius 3 is 1.65 bits per heavy atom. The van der Waals surface area contributed by atoms with Crippen molar-refractivity contribution < 1.29 is 0 Å². The highest BCUT2D eigenvalue weighted by Crippen LogP contribution is 2.19. The molecular weight excluding hydrogens is 380 g/mol. The summed E-state index contributed by atoms with van der Waals surface area (Å²) in [6.45, 7) is 4.23. The van der Waals surface area contributed by atoms with E-state index in [0.29, 0.717) is 0 Å². The molecule has 0 saturated carbocycles. The van der Waals surface area contributed by atoms with Crippen LogP contribution in [0.4, 0.5) is 0 Å². The van der Waals surface area contributed by atoms with Gasteiger partial charge in [-0.25, -0.2) is 0 Å². The van der Waals surface area contributed by atoms with Gasteiger partial charge in [0.15, 0.2) is 0 Å². The summed E-state index contributed by atoms with van der Waals surface area (Å²) in [6.07, 6.45) is 3.92. The van der Waals surface area contributed by atoms with Gasteiger partial charge in [0.2, 0.25) is 0 Å². The number of nitrogens with zero attached hydrogens (tertiary/aromatic N) is 4. The normalized spacial score (nSPS) is 11.4. The molecule has 0 bridgehead atoms. The maximum atomic E-state index is 4.71. The molecule has 0 aliphatic rings. The lowest BCUT2D eigenvalue weighted by molar-refractivity contribution is 0.239. The summed E-state index contributed by atoms with van der Waals surface area (Å²) in [4.78, 5) is 16.5. The van der Waals surface area contributed by atoms with Crippen LogP contribution in [-0.2, 0) is 19.6 Å². The Morgan fingerprint density at radius 1 is 0.581 bits per heavy atom. The first-order valence-electron chi connectivity index (χ1n) is 10.6. The molecule has 5 aromatic rings. The average Bonchev–Trinajstić information content (AvgIpc) is 2.79. The first kappa shape index (κ1) is 19.3. The molecule has 0 saturated heterocycles. The molecule has 152 valence electrons. The van der Waals surface area contributed by atoms with Gasteiger partial charge in [0.05, 0.1) is 17.1 Å². The summed E-state index contributed by atoms with van der Waals surface area (Å²) in [5, 5.41) is 4.75. The third kappa shape index (κ3) is 4.60. The molecule has 0 spiro atoms. The van der Waals surface area contributed by atoms with Crippen molar-refractivity contribution in [1.29, 1.82) is 0 Å². The minimum atomic E-state index is 0.731. The van der Waals surface area contributed by atoms with E-state index in [0.717, 1.165) is 53.2 Å². The van der Waals surface area contributed by atoms with E-state index in [2.05, 4.69) is 65.6 Å². The first-order chi connectivity index (χ1) is 15.2. The molecule has 0 fully saturated rings. The molecule has 0 unspecified atom stereocenters. The number of hydrogen-bond donors (Lipinski definition) is 0. The maximum Gasteiger partial charge on any atom is 0.0550 e. The molecule has 0 amide bonds. The average molecular weight is 405 g/mol. The SMILES string of the molecule is Cc1cccc(CN(Cc2cc3ccccc3cn2)Cc2cc3ccccc3cn2)n1. The number of benzene rings is 2. The van der Waals surface area contributed by atoms with Gasteiger partial charge in [-0.05, 0) is 42.0 Å². The number of aryl methyl sites for hydroxylation is 1. The summed E-state index contributed by atoms with van der Waals surface area (Å²) in [6, 6.07) is 27.2. The van der Waals surface area contributed by atoms with Gasteiger partial charge < -0.3 is 0 Å². The van der Waals surface area contributed by atoms with Gasteiger partial charge in [-0.1, -0.05) is 54.6 Å². The second kappa shape index (κ2) is 8.62. The lowest BCUT2D eigenvalue weighted by atomic mass is 10.1. The van der Waals surface area contributed by atoms with E-state index in [-0.39, 0.29) is 0 Å². The third-order valence-electron chi connectivity index (χ3n) is 5.48. The predicted molar refractivity (Wildman–Crippen MR) is 125 cm³/mol. The van der Waals surface area contributed by atoms with E-state index in [4.69, 9.17) is 15.0 Å². The fourth-order valence-corrected chi connectivity index (χ4v) is 3.97. The summed E-state index contributed by atoms with van der Waals surface area (Å²) in [5.41, 5.74) is 4.19. The highest BCUT2D eigenvalue weighted by atomic mass is 15.1. The van der Waals surface area contributed by atoms with Crippen LogP contribution in [0.5, 0.6) is 0 Å². The molecular formula is C27H24N4. The summed E-state index contributed by atoms with van der Waals surface area (Å²) < 4.78 is 0. The number of hydrogen-bond acceptors (Lipinski definition) is 4. The zero-order valence-electron chi connectivity index (χ0n) is 17.6. The molecule has 0 atom stereocenters. The van der Waals surface area contributed by atoms with E-state index in [1.165, 1.54) is 10.8 Å². The van der Waals surface area contributed by atoms with Crippen LogP contribution in [0.25, 0.3) is 21.5 Å². The van der Waals surface area contributed by atoms with E-state index >= 15 is 0 Å². The zero-order valence-corrected chi connectivity index (χ0v) is 17.6. The Kier molecular flexibility index (Phi) is 5.38. The fraction of sp³-hybridized carbons (Fsp3) is 0.148. The minimum absolute atomic E-state index is 0.731. The molecule has 31 heavy (non-hydrogen) atoms. The maximum absolute atomic E-state index is 4.71. The molecule has 4 nitrogen and oxygen atoms in total. The highest BCUT2D eigenvalue weighted by Gasteiger charge is 2.12. The molecule has 2 aromatic carbocycles. The molecule has 3 heterocycles. The Morgan fingerprint density at radius 2 is 1.10 bits per heavy atom. The van der Waals surface area contributed by atoms with Gasteiger partial charge in [0, 0.05) is 48.5 Å². The Labute approximate surface area is 182 Å². The largest absolute Gasteiger partial charge is 0.286 e. The van der Waals surface area contributed by atoms with E-state index in [1.54, 1.807) is 0 Å². The molecule has 3 aromatic heterocycles. The molecule has 0 N–H and O–H groups in total. The van der Waals surface area contributed by atoms with Crippen LogP contribution in [0.15, 0.2) is 91.3 Å².